The van der Waals surface area contributed by atoms with E-state index in [0.717, 1.165) is 5.75 Å². The number of carbonyl (C=O) groups is 1. The maximum Gasteiger partial charge on any atom is 0.305 e. The molecule has 1 aromatic carbocycles. The Labute approximate surface area is 90.0 Å². The third-order valence-electron chi connectivity index (χ3n) is 2.06. The second-order valence-corrected chi connectivity index (χ2v) is 3.36. The van der Waals surface area contributed by atoms with E-state index in [4.69, 9.17) is 4.74 Å². The van der Waals surface area contributed by atoms with Gasteiger partial charge >= 0.3 is 5.97 Å². The van der Waals surface area contributed by atoms with Gasteiger partial charge < -0.3 is 9.47 Å². The Morgan fingerprint density at radius 3 is 2.60 bits per heavy atom. The molecule has 1 atom stereocenters. The maximum absolute atomic E-state index is 10.9. The first-order chi connectivity index (χ1) is 7.22. The van der Waals surface area contributed by atoms with Gasteiger partial charge in [0.1, 0.15) is 5.75 Å². The van der Waals surface area contributed by atoms with Crippen molar-refractivity contribution in [3.8, 4) is 5.75 Å². The van der Waals surface area contributed by atoms with Gasteiger partial charge in [-0.1, -0.05) is 18.2 Å². The molecule has 0 saturated heterocycles. The summed E-state index contributed by atoms with van der Waals surface area (Å²) in [5, 5.41) is 0. The van der Waals surface area contributed by atoms with Crippen LogP contribution in [0.2, 0.25) is 0 Å². The van der Waals surface area contributed by atoms with Gasteiger partial charge in [0.15, 0.2) is 0 Å². The van der Waals surface area contributed by atoms with E-state index in [-0.39, 0.29) is 12.1 Å². The van der Waals surface area contributed by atoms with Gasteiger partial charge in [0, 0.05) is 6.42 Å². The summed E-state index contributed by atoms with van der Waals surface area (Å²) < 4.78 is 10.2. The molecule has 0 bridgehead atoms. The Morgan fingerprint density at radius 1 is 1.33 bits per heavy atom. The Kier molecular flexibility index (Phi) is 4.68. The molecule has 0 aromatic heterocycles. The summed E-state index contributed by atoms with van der Waals surface area (Å²) in [6.07, 6.45) is 1.08. The number of carbonyl (C=O) groups excluding carboxylic acids is 1. The summed E-state index contributed by atoms with van der Waals surface area (Å²) in [6.45, 7) is 1.94. The molecule has 0 spiro atoms. The third-order valence-corrected chi connectivity index (χ3v) is 2.06. The summed E-state index contributed by atoms with van der Waals surface area (Å²) in [5.41, 5.74) is 0. The molecule has 3 nitrogen and oxygen atoms in total. The normalized spacial score (nSPS) is 11.9. The van der Waals surface area contributed by atoms with Gasteiger partial charge in [-0.25, -0.2) is 0 Å². The first-order valence-electron chi connectivity index (χ1n) is 5.01. The molecule has 0 N–H and O–H groups in total. The molecule has 3 heteroatoms. The Bertz CT molecular complexity index is 295. The molecular weight excluding hydrogens is 192 g/mol. The van der Waals surface area contributed by atoms with Crippen LogP contribution in [0.3, 0.4) is 0 Å². The first kappa shape index (κ1) is 11.6. The fourth-order valence-electron chi connectivity index (χ4n) is 1.21. The second kappa shape index (κ2) is 6.06. The quantitative estimate of drug-likeness (QED) is 0.697. The van der Waals surface area contributed by atoms with Crippen molar-refractivity contribution in [3.63, 3.8) is 0 Å². The fourth-order valence-corrected chi connectivity index (χ4v) is 1.21. The minimum Gasteiger partial charge on any atom is -0.491 e. The van der Waals surface area contributed by atoms with Crippen molar-refractivity contribution < 1.29 is 14.3 Å². The lowest BCUT2D eigenvalue weighted by molar-refractivity contribution is -0.141. The second-order valence-electron chi connectivity index (χ2n) is 3.36. The van der Waals surface area contributed by atoms with Crippen LogP contribution in [-0.4, -0.2) is 19.2 Å². The lowest BCUT2D eigenvalue weighted by Gasteiger charge is -2.13. The molecule has 0 radical (unpaired) electrons. The molecule has 0 fully saturated rings. The molecule has 15 heavy (non-hydrogen) atoms. The Morgan fingerprint density at radius 2 is 2.00 bits per heavy atom. The molecule has 0 aliphatic carbocycles. The van der Waals surface area contributed by atoms with Crippen LogP contribution in [0.4, 0.5) is 0 Å². The molecule has 0 saturated carbocycles. The van der Waals surface area contributed by atoms with Crippen molar-refractivity contribution in [3.05, 3.63) is 30.3 Å². The van der Waals surface area contributed by atoms with Crippen LogP contribution in [-0.2, 0) is 9.53 Å². The fraction of sp³-hybridized carbons (Fsp3) is 0.417. The average Bonchev–Trinajstić information content (AvgIpc) is 2.27. The predicted molar refractivity (Wildman–Crippen MR) is 57.8 cm³/mol. The summed E-state index contributed by atoms with van der Waals surface area (Å²) in [5.74, 6) is 0.633. The number of para-hydroxylation sites is 1. The molecule has 0 amide bonds. The van der Waals surface area contributed by atoms with Crippen molar-refractivity contribution in [2.75, 3.05) is 7.11 Å². The average molecular weight is 208 g/mol. The van der Waals surface area contributed by atoms with Gasteiger partial charge in [-0.15, -0.1) is 0 Å². The van der Waals surface area contributed by atoms with Crippen LogP contribution in [0, 0.1) is 0 Å². The topological polar surface area (TPSA) is 35.5 Å². The molecule has 1 aromatic rings. The monoisotopic (exact) mass is 208 g/mol. The van der Waals surface area contributed by atoms with Gasteiger partial charge in [0.25, 0.3) is 0 Å². The molecular formula is C12H16O3. The summed E-state index contributed by atoms with van der Waals surface area (Å²) in [4.78, 5) is 10.9. The van der Waals surface area contributed by atoms with Crippen LogP contribution >= 0.6 is 0 Å². The zero-order chi connectivity index (χ0) is 11.1. The lowest BCUT2D eigenvalue weighted by atomic mass is 10.2. The van der Waals surface area contributed by atoms with Gasteiger partial charge in [-0.3, -0.25) is 4.79 Å². The molecule has 0 aliphatic rings. The van der Waals surface area contributed by atoms with Gasteiger partial charge in [-0.05, 0) is 25.5 Å². The highest BCUT2D eigenvalue weighted by atomic mass is 16.5. The van der Waals surface area contributed by atoms with E-state index < -0.39 is 0 Å². The Hall–Kier alpha value is -1.51. The van der Waals surface area contributed by atoms with E-state index in [9.17, 15) is 4.79 Å². The molecule has 0 aliphatic heterocycles. The number of ether oxygens (including phenoxy) is 2. The van der Waals surface area contributed by atoms with Gasteiger partial charge in [0.2, 0.25) is 0 Å². The summed E-state index contributed by atoms with van der Waals surface area (Å²) in [6, 6.07) is 9.57. The minimum absolute atomic E-state index is 0.0199. The largest absolute Gasteiger partial charge is 0.491 e. The number of rotatable bonds is 5. The van der Waals surface area contributed by atoms with Gasteiger partial charge in [-0.2, -0.15) is 0 Å². The van der Waals surface area contributed by atoms with Crippen LogP contribution in [0.25, 0.3) is 0 Å². The van der Waals surface area contributed by atoms with Crippen LogP contribution in [0.1, 0.15) is 19.8 Å². The highest BCUT2D eigenvalue weighted by molar-refractivity contribution is 5.69. The van der Waals surface area contributed by atoms with Crippen molar-refractivity contribution in [2.24, 2.45) is 0 Å². The number of hydrogen-bond acceptors (Lipinski definition) is 3. The van der Waals surface area contributed by atoms with Crippen molar-refractivity contribution in [2.45, 2.75) is 25.9 Å². The molecule has 1 rings (SSSR count). The summed E-state index contributed by atoms with van der Waals surface area (Å²) in [7, 11) is 1.39. The van der Waals surface area contributed by atoms with E-state index in [1.807, 2.05) is 37.3 Å². The highest BCUT2D eigenvalue weighted by Gasteiger charge is 2.07. The number of methoxy groups -OCH3 is 1. The standard InChI is InChI=1S/C12H16O3/c1-10(8-9-12(13)14-2)15-11-6-4-3-5-7-11/h3-7,10H,8-9H2,1-2H3. The van der Waals surface area contributed by atoms with E-state index in [0.29, 0.717) is 12.8 Å². The third kappa shape index (κ3) is 4.49. The minimum atomic E-state index is -0.196. The van der Waals surface area contributed by atoms with Crippen LogP contribution in [0.15, 0.2) is 30.3 Å². The predicted octanol–water partition coefficient (Wildman–Crippen LogP) is 2.41. The van der Waals surface area contributed by atoms with Crippen molar-refractivity contribution in [1.82, 2.24) is 0 Å². The van der Waals surface area contributed by atoms with Gasteiger partial charge in [0.05, 0.1) is 13.2 Å². The van der Waals surface area contributed by atoms with Crippen LogP contribution < -0.4 is 4.74 Å². The number of esters is 1. The number of benzene rings is 1. The number of hydrogen-bond donors (Lipinski definition) is 0. The van der Waals surface area contributed by atoms with E-state index in [1.54, 1.807) is 0 Å². The van der Waals surface area contributed by atoms with Crippen molar-refractivity contribution in [1.29, 1.82) is 0 Å². The molecule has 0 heterocycles. The highest BCUT2D eigenvalue weighted by Crippen LogP contribution is 2.13. The molecule has 1 unspecified atom stereocenters. The molecule has 82 valence electrons. The van der Waals surface area contributed by atoms with Crippen LogP contribution in [0.5, 0.6) is 5.75 Å². The van der Waals surface area contributed by atoms with E-state index in [1.165, 1.54) is 7.11 Å². The summed E-state index contributed by atoms with van der Waals surface area (Å²) >= 11 is 0. The lowest BCUT2D eigenvalue weighted by Crippen LogP contribution is -2.14. The Balaban J connectivity index is 2.30. The first-order valence-corrected chi connectivity index (χ1v) is 5.01. The van der Waals surface area contributed by atoms with Crippen molar-refractivity contribution >= 4 is 5.97 Å². The SMILES string of the molecule is COC(=O)CCC(C)Oc1ccccc1. The zero-order valence-electron chi connectivity index (χ0n) is 9.10. The maximum atomic E-state index is 10.9. The van der Waals surface area contributed by atoms with E-state index >= 15 is 0 Å². The smallest absolute Gasteiger partial charge is 0.305 e. The zero-order valence-corrected chi connectivity index (χ0v) is 9.10. The van der Waals surface area contributed by atoms with E-state index in [2.05, 4.69) is 4.74 Å².